The molecule has 1 aromatic carbocycles. The van der Waals surface area contributed by atoms with Gasteiger partial charge in [-0.2, -0.15) is 4.31 Å². The van der Waals surface area contributed by atoms with E-state index in [1.807, 2.05) is 0 Å². The first-order valence-electron chi connectivity index (χ1n) is 9.03. The Kier molecular flexibility index (Phi) is 5.93. The number of nitrogens with zero attached hydrogens (tertiary/aromatic N) is 1. The highest BCUT2D eigenvalue weighted by Crippen LogP contribution is 2.21. The van der Waals surface area contributed by atoms with Gasteiger partial charge in [0.15, 0.2) is 6.61 Å². The minimum atomic E-state index is -3.54. The van der Waals surface area contributed by atoms with Gasteiger partial charge in [-0.1, -0.05) is 12.8 Å². The quantitative estimate of drug-likeness (QED) is 0.758. The predicted octanol–water partition coefficient (Wildman–Crippen LogP) is 1.69. The van der Waals surface area contributed by atoms with Crippen LogP contribution in [-0.2, 0) is 19.6 Å². The first-order valence-corrected chi connectivity index (χ1v) is 10.5. The van der Waals surface area contributed by atoms with Crippen LogP contribution in [0.4, 0.5) is 0 Å². The van der Waals surface area contributed by atoms with E-state index in [1.54, 1.807) is 0 Å². The van der Waals surface area contributed by atoms with Crippen molar-refractivity contribution in [1.29, 1.82) is 0 Å². The van der Waals surface area contributed by atoms with E-state index in [1.165, 1.54) is 28.6 Å². The highest BCUT2D eigenvalue weighted by atomic mass is 32.2. The average Bonchev–Trinajstić information content (AvgIpc) is 3.46. The minimum Gasteiger partial charge on any atom is -0.452 e. The Morgan fingerprint density at radius 1 is 1.04 bits per heavy atom. The van der Waals surface area contributed by atoms with Crippen LogP contribution in [-0.4, -0.2) is 50.3 Å². The molecule has 2 aliphatic rings. The summed E-state index contributed by atoms with van der Waals surface area (Å²) in [5.41, 5.74) is 0.221. The highest BCUT2D eigenvalue weighted by Gasteiger charge is 2.26. The van der Waals surface area contributed by atoms with Gasteiger partial charge in [0.1, 0.15) is 0 Å². The standard InChI is InChI=1S/C18H24N2O5S/c21-17(19-15-7-8-15)13-25-18(22)14-5-9-16(10-6-14)26(23,24)20-11-3-1-2-4-12-20/h5-6,9-10,15H,1-4,7-8,11-13H2,(H,19,21). The van der Waals surface area contributed by atoms with Crippen LogP contribution < -0.4 is 5.32 Å². The van der Waals surface area contributed by atoms with Crippen LogP contribution >= 0.6 is 0 Å². The molecular weight excluding hydrogens is 356 g/mol. The molecule has 1 amide bonds. The molecule has 0 spiro atoms. The Morgan fingerprint density at radius 3 is 2.23 bits per heavy atom. The maximum atomic E-state index is 12.7. The fourth-order valence-corrected chi connectivity index (χ4v) is 4.42. The van der Waals surface area contributed by atoms with Crippen molar-refractivity contribution in [3.63, 3.8) is 0 Å². The lowest BCUT2D eigenvalue weighted by atomic mass is 10.2. The largest absolute Gasteiger partial charge is 0.452 e. The zero-order valence-electron chi connectivity index (χ0n) is 14.6. The van der Waals surface area contributed by atoms with Crippen LogP contribution in [0.1, 0.15) is 48.9 Å². The summed E-state index contributed by atoms with van der Waals surface area (Å²) >= 11 is 0. The maximum Gasteiger partial charge on any atom is 0.338 e. The van der Waals surface area contributed by atoms with Crippen molar-refractivity contribution in [3.05, 3.63) is 29.8 Å². The summed E-state index contributed by atoms with van der Waals surface area (Å²) in [6, 6.07) is 5.89. The zero-order chi connectivity index (χ0) is 18.6. The SMILES string of the molecule is O=C(COC(=O)c1ccc(S(=O)(=O)N2CCCCCC2)cc1)NC1CC1. The number of rotatable bonds is 6. The van der Waals surface area contributed by atoms with Gasteiger partial charge in [0.2, 0.25) is 10.0 Å². The molecule has 0 aromatic heterocycles. The maximum absolute atomic E-state index is 12.7. The fourth-order valence-electron chi connectivity index (χ4n) is 2.91. The Labute approximate surface area is 153 Å². The van der Waals surface area contributed by atoms with Crippen molar-refractivity contribution in [3.8, 4) is 0 Å². The van der Waals surface area contributed by atoms with Crippen molar-refractivity contribution in [2.24, 2.45) is 0 Å². The molecule has 0 unspecified atom stereocenters. The number of nitrogens with one attached hydrogen (secondary N) is 1. The number of amides is 1. The van der Waals surface area contributed by atoms with E-state index in [0.717, 1.165) is 38.5 Å². The Morgan fingerprint density at radius 2 is 1.65 bits per heavy atom. The summed E-state index contributed by atoms with van der Waals surface area (Å²) in [7, 11) is -3.54. The molecule has 1 saturated carbocycles. The van der Waals surface area contributed by atoms with Gasteiger partial charge in [0, 0.05) is 19.1 Å². The van der Waals surface area contributed by atoms with Crippen molar-refractivity contribution < 1.29 is 22.7 Å². The molecule has 1 aromatic rings. The number of carbonyl (C=O) groups is 2. The lowest BCUT2D eigenvalue weighted by Crippen LogP contribution is -2.32. The normalized spacial score (nSPS) is 18.8. The summed E-state index contributed by atoms with van der Waals surface area (Å²) in [5.74, 6) is -0.962. The van der Waals surface area contributed by atoms with Gasteiger partial charge in [-0.3, -0.25) is 4.79 Å². The lowest BCUT2D eigenvalue weighted by molar-refractivity contribution is -0.124. The molecule has 1 saturated heterocycles. The Balaban J connectivity index is 1.59. The van der Waals surface area contributed by atoms with Gasteiger partial charge >= 0.3 is 5.97 Å². The molecule has 3 rings (SSSR count). The summed E-state index contributed by atoms with van der Waals surface area (Å²) in [6.07, 6.45) is 5.76. The first-order chi connectivity index (χ1) is 12.5. The van der Waals surface area contributed by atoms with E-state index in [9.17, 15) is 18.0 Å². The molecule has 2 fully saturated rings. The molecule has 0 atom stereocenters. The number of sulfonamides is 1. The second-order valence-corrected chi connectivity index (χ2v) is 8.70. The molecule has 0 bridgehead atoms. The molecule has 1 heterocycles. The van der Waals surface area contributed by atoms with Gasteiger partial charge < -0.3 is 10.1 Å². The van der Waals surface area contributed by atoms with E-state index in [4.69, 9.17) is 4.74 Å². The van der Waals surface area contributed by atoms with Crippen LogP contribution in [0.5, 0.6) is 0 Å². The minimum absolute atomic E-state index is 0.169. The topological polar surface area (TPSA) is 92.8 Å². The molecule has 8 heteroatoms. The van der Waals surface area contributed by atoms with Crippen molar-refractivity contribution in [2.45, 2.75) is 49.5 Å². The third-order valence-electron chi connectivity index (χ3n) is 4.57. The monoisotopic (exact) mass is 380 g/mol. The number of benzene rings is 1. The fraction of sp³-hybridized carbons (Fsp3) is 0.556. The Bertz CT molecular complexity index is 748. The summed E-state index contributed by atoms with van der Waals surface area (Å²) < 4.78 is 31.9. The zero-order valence-corrected chi connectivity index (χ0v) is 15.5. The van der Waals surface area contributed by atoms with Gasteiger partial charge in [-0.05, 0) is 49.9 Å². The van der Waals surface area contributed by atoms with E-state index in [2.05, 4.69) is 5.32 Å². The summed E-state index contributed by atoms with van der Waals surface area (Å²) in [5, 5.41) is 2.73. The number of hydrogen-bond donors (Lipinski definition) is 1. The smallest absolute Gasteiger partial charge is 0.338 e. The number of ether oxygens (including phenoxy) is 1. The van der Waals surface area contributed by atoms with E-state index in [-0.39, 0.29) is 29.0 Å². The molecule has 1 N–H and O–H groups in total. The van der Waals surface area contributed by atoms with Gasteiger partial charge in [-0.25, -0.2) is 13.2 Å². The number of hydrogen-bond acceptors (Lipinski definition) is 5. The van der Waals surface area contributed by atoms with Crippen molar-refractivity contribution >= 4 is 21.9 Å². The van der Waals surface area contributed by atoms with E-state index in [0.29, 0.717) is 13.1 Å². The second-order valence-electron chi connectivity index (χ2n) is 6.76. The first kappa shape index (κ1) is 18.8. The molecule has 1 aliphatic carbocycles. The summed E-state index contributed by atoms with van der Waals surface area (Å²) in [6.45, 7) is 0.730. The third-order valence-corrected chi connectivity index (χ3v) is 6.48. The molecule has 0 radical (unpaired) electrons. The third kappa shape index (κ3) is 4.82. The average molecular weight is 380 g/mol. The molecule has 7 nitrogen and oxygen atoms in total. The number of carbonyl (C=O) groups excluding carboxylic acids is 2. The molecule has 142 valence electrons. The van der Waals surface area contributed by atoms with Crippen molar-refractivity contribution in [2.75, 3.05) is 19.7 Å². The van der Waals surface area contributed by atoms with E-state index < -0.39 is 16.0 Å². The van der Waals surface area contributed by atoms with Crippen LogP contribution in [0.3, 0.4) is 0 Å². The highest BCUT2D eigenvalue weighted by molar-refractivity contribution is 7.89. The van der Waals surface area contributed by atoms with Gasteiger partial charge in [0.25, 0.3) is 5.91 Å². The van der Waals surface area contributed by atoms with Gasteiger partial charge in [0.05, 0.1) is 10.5 Å². The second kappa shape index (κ2) is 8.18. The number of esters is 1. The molecule has 26 heavy (non-hydrogen) atoms. The van der Waals surface area contributed by atoms with Crippen LogP contribution in [0.15, 0.2) is 29.2 Å². The summed E-state index contributed by atoms with van der Waals surface area (Å²) in [4.78, 5) is 23.7. The predicted molar refractivity (Wildman–Crippen MR) is 95.1 cm³/mol. The van der Waals surface area contributed by atoms with Crippen LogP contribution in [0.2, 0.25) is 0 Å². The van der Waals surface area contributed by atoms with E-state index >= 15 is 0 Å². The van der Waals surface area contributed by atoms with Crippen LogP contribution in [0, 0.1) is 0 Å². The molecule has 1 aliphatic heterocycles. The molecular formula is C18H24N2O5S. The lowest BCUT2D eigenvalue weighted by Gasteiger charge is -2.19. The van der Waals surface area contributed by atoms with Crippen molar-refractivity contribution in [1.82, 2.24) is 9.62 Å². The Hall–Kier alpha value is -1.93. The van der Waals surface area contributed by atoms with Gasteiger partial charge in [-0.15, -0.1) is 0 Å². The van der Waals surface area contributed by atoms with Crippen LogP contribution in [0.25, 0.3) is 0 Å².